The van der Waals surface area contributed by atoms with Crippen molar-refractivity contribution < 1.29 is 13.5 Å². The topological polar surface area (TPSA) is 47.3 Å². The summed E-state index contributed by atoms with van der Waals surface area (Å²) in [4.78, 5) is -0.161. The molecule has 1 aromatic rings. The van der Waals surface area contributed by atoms with Gasteiger partial charge in [-0.2, -0.15) is 0 Å². The van der Waals surface area contributed by atoms with Crippen LogP contribution in [0.3, 0.4) is 0 Å². The summed E-state index contributed by atoms with van der Waals surface area (Å²) in [5.41, 5.74) is 5.28. The van der Waals surface area contributed by atoms with E-state index in [1.54, 1.807) is 0 Å². The van der Waals surface area contributed by atoms with E-state index in [0.717, 1.165) is 12.8 Å². The Morgan fingerprint density at radius 2 is 2.05 bits per heavy atom. The number of nitrogens with two attached hydrogens (primary N) is 1. The van der Waals surface area contributed by atoms with Crippen LogP contribution in [0.4, 0.5) is 14.5 Å². The Bertz CT molecular complexity index is 441. The van der Waals surface area contributed by atoms with Crippen LogP contribution in [-0.4, -0.2) is 24.7 Å². The molecule has 0 fully saturated rings. The number of ether oxygens (including phenoxy) is 1. The third-order valence-electron chi connectivity index (χ3n) is 2.55. The molecule has 0 aliphatic carbocycles. The van der Waals surface area contributed by atoms with Gasteiger partial charge in [-0.3, -0.25) is 0 Å². The molecule has 19 heavy (non-hydrogen) atoms. The second-order valence-corrected chi connectivity index (χ2v) is 4.49. The van der Waals surface area contributed by atoms with Crippen molar-refractivity contribution in [1.82, 2.24) is 0 Å². The van der Waals surface area contributed by atoms with Crippen LogP contribution in [-0.2, 0) is 4.74 Å². The van der Waals surface area contributed by atoms with Gasteiger partial charge in [-0.05, 0) is 18.6 Å². The van der Waals surface area contributed by atoms with Gasteiger partial charge in [-0.1, -0.05) is 25.6 Å². The first-order valence-electron chi connectivity index (χ1n) is 6.17. The molecule has 0 unspecified atom stereocenters. The molecule has 1 rings (SSSR count). The van der Waals surface area contributed by atoms with E-state index < -0.39 is 11.6 Å². The van der Waals surface area contributed by atoms with E-state index in [1.807, 2.05) is 0 Å². The number of benzene rings is 1. The quantitative estimate of drug-likeness (QED) is 0.570. The molecule has 0 saturated heterocycles. The van der Waals surface area contributed by atoms with Crippen molar-refractivity contribution in [2.24, 2.45) is 5.73 Å². The lowest BCUT2D eigenvalue weighted by Crippen LogP contribution is -2.15. The van der Waals surface area contributed by atoms with Gasteiger partial charge >= 0.3 is 0 Å². The van der Waals surface area contributed by atoms with Crippen molar-refractivity contribution in [2.75, 3.05) is 25.1 Å². The summed E-state index contributed by atoms with van der Waals surface area (Å²) in [7, 11) is 0. The highest BCUT2D eigenvalue weighted by molar-refractivity contribution is 7.80. The maximum atomic E-state index is 13.7. The summed E-state index contributed by atoms with van der Waals surface area (Å²) in [5, 5.41) is 2.77. The Morgan fingerprint density at radius 1 is 1.32 bits per heavy atom. The molecule has 0 heterocycles. The van der Waals surface area contributed by atoms with Crippen molar-refractivity contribution in [3.05, 3.63) is 29.3 Å². The zero-order chi connectivity index (χ0) is 14.3. The van der Waals surface area contributed by atoms with E-state index in [9.17, 15) is 8.78 Å². The van der Waals surface area contributed by atoms with Gasteiger partial charge in [-0.25, -0.2) is 8.78 Å². The molecule has 0 aliphatic rings. The zero-order valence-electron chi connectivity index (χ0n) is 10.8. The Hall–Kier alpha value is -1.27. The summed E-state index contributed by atoms with van der Waals surface area (Å²) in [5.74, 6) is -2.00. The van der Waals surface area contributed by atoms with Gasteiger partial charge in [-0.15, -0.1) is 0 Å². The maximum Gasteiger partial charge on any atom is 0.182 e. The minimum absolute atomic E-state index is 0.0802. The SMILES string of the molecule is CCCCOCCNc1ccc(C(N)=S)c(F)c1F. The minimum atomic E-state index is -1.02. The second kappa shape index (κ2) is 8.01. The first-order valence-corrected chi connectivity index (χ1v) is 6.58. The van der Waals surface area contributed by atoms with E-state index in [4.69, 9.17) is 10.5 Å². The fourth-order valence-electron chi connectivity index (χ4n) is 1.48. The highest BCUT2D eigenvalue weighted by atomic mass is 32.1. The fourth-order valence-corrected chi connectivity index (χ4v) is 1.64. The highest BCUT2D eigenvalue weighted by Crippen LogP contribution is 2.20. The minimum Gasteiger partial charge on any atom is -0.389 e. The average Bonchev–Trinajstić information content (AvgIpc) is 2.38. The molecule has 3 nitrogen and oxygen atoms in total. The molecule has 0 atom stereocenters. The molecule has 6 heteroatoms. The number of hydrogen-bond acceptors (Lipinski definition) is 3. The third kappa shape index (κ3) is 4.72. The van der Waals surface area contributed by atoms with Crippen molar-refractivity contribution in [1.29, 1.82) is 0 Å². The van der Waals surface area contributed by atoms with E-state index in [-0.39, 0.29) is 16.2 Å². The smallest absolute Gasteiger partial charge is 0.182 e. The Labute approximate surface area is 117 Å². The number of unbranched alkanes of at least 4 members (excludes halogenated alkanes) is 1. The van der Waals surface area contributed by atoms with Gasteiger partial charge in [0.2, 0.25) is 0 Å². The monoisotopic (exact) mass is 288 g/mol. The number of nitrogens with one attached hydrogen (secondary N) is 1. The molecule has 0 radical (unpaired) electrons. The molecule has 0 bridgehead atoms. The van der Waals surface area contributed by atoms with E-state index in [1.165, 1.54) is 12.1 Å². The van der Waals surface area contributed by atoms with Gasteiger partial charge < -0.3 is 15.8 Å². The summed E-state index contributed by atoms with van der Waals surface area (Å²) in [6.07, 6.45) is 2.05. The van der Waals surface area contributed by atoms with Crippen LogP contribution >= 0.6 is 12.2 Å². The molecule has 0 aromatic heterocycles. The fraction of sp³-hybridized carbons (Fsp3) is 0.462. The molecule has 0 amide bonds. The Balaban J connectivity index is 2.51. The predicted molar refractivity (Wildman–Crippen MR) is 76.5 cm³/mol. The van der Waals surface area contributed by atoms with E-state index in [0.29, 0.717) is 19.8 Å². The Kier molecular flexibility index (Phi) is 6.66. The van der Waals surface area contributed by atoms with Crippen molar-refractivity contribution >= 4 is 22.9 Å². The molecular weight excluding hydrogens is 270 g/mol. The summed E-state index contributed by atoms with van der Waals surface area (Å²) >= 11 is 4.63. The van der Waals surface area contributed by atoms with Gasteiger partial charge in [0.05, 0.1) is 12.3 Å². The standard InChI is InChI=1S/C13H18F2N2OS/c1-2-3-7-18-8-6-17-10-5-4-9(13(16)19)11(14)12(10)15/h4-5,17H,2-3,6-8H2,1H3,(H2,16,19). The van der Waals surface area contributed by atoms with Gasteiger partial charge in [0.15, 0.2) is 11.6 Å². The van der Waals surface area contributed by atoms with Crippen LogP contribution in [0.1, 0.15) is 25.3 Å². The lowest BCUT2D eigenvalue weighted by Gasteiger charge is -2.10. The molecule has 0 spiro atoms. The molecule has 3 N–H and O–H groups in total. The molecule has 0 aliphatic heterocycles. The van der Waals surface area contributed by atoms with Crippen LogP contribution in [0.5, 0.6) is 0 Å². The van der Waals surface area contributed by atoms with Crippen LogP contribution in [0.25, 0.3) is 0 Å². The largest absolute Gasteiger partial charge is 0.389 e. The van der Waals surface area contributed by atoms with Crippen molar-refractivity contribution in [3.8, 4) is 0 Å². The first-order chi connectivity index (χ1) is 9.07. The summed E-state index contributed by atoms with van der Waals surface area (Å²) in [6, 6.07) is 2.78. The Morgan fingerprint density at radius 3 is 2.68 bits per heavy atom. The lowest BCUT2D eigenvalue weighted by molar-refractivity contribution is 0.141. The zero-order valence-corrected chi connectivity index (χ0v) is 11.7. The highest BCUT2D eigenvalue weighted by Gasteiger charge is 2.14. The number of anilines is 1. The average molecular weight is 288 g/mol. The van der Waals surface area contributed by atoms with Crippen LogP contribution in [0.2, 0.25) is 0 Å². The van der Waals surface area contributed by atoms with Gasteiger partial charge in [0, 0.05) is 18.7 Å². The normalized spacial score (nSPS) is 10.5. The molecular formula is C13H18F2N2OS. The van der Waals surface area contributed by atoms with E-state index in [2.05, 4.69) is 24.5 Å². The van der Waals surface area contributed by atoms with E-state index >= 15 is 0 Å². The number of rotatable bonds is 8. The van der Waals surface area contributed by atoms with Crippen LogP contribution in [0.15, 0.2) is 12.1 Å². The van der Waals surface area contributed by atoms with Crippen LogP contribution < -0.4 is 11.1 Å². The number of thiocarbonyl (C=S) groups is 1. The van der Waals surface area contributed by atoms with Crippen LogP contribution in [0, 0.1) is 11.6 Å². The second-order valence-electron chi connectivity index (χ2n) is 4.05. The first kappa shape index (κ1) is 15.8. The molecule has 0 saturated carbocycles. The molecule has 1 aromatic carbocycles. The third-order valence-corrected chi connectivity index (χ3v) is 2.77. The summed E-state index contributed by atoms with van der Waals surface area (Å²) in [6.45, 7) is 3.60. The maximum absolute atomic E-state index is 13.7. The van der Waals surface area contributed by atoms with Gasteiger partial charge in [0.1, 0.15) is 4.99 Å². The number of hydrogen-bond donors (Lipinski definition) is 2. The number of halogens is 2. The van der Waals surface area contributed by atoms with Gasteiger partial charge in [0.25, 0.3) is 0 Å². The lowest BCUT2D eigenvalue weighted by atomic mass is 10.2. The summed E-state index contributed by atoms with van der Waals surface area (Å²) < 4.78 is 32.5. The van der Waals surface area contributed by atoms with Crippen molar-refractivity contribution in [2.45, 2.75) is 19.8 Å². The predicted octanol–water partition coefficient (Wildman–Crippen LogP) is 2.83. The van der Waals surface area contributed by atoms with Crippen molar-refractivity contribution in [3.63, 3.8) is 0 Å². The molecule has 106 valence electrons.